The number of hydrogen-bond donors (Lipinski definition) is 1. The lowest BCUT2D eigenvalue weighted by Crippen LogP contribution is -2.43. The van der Waals surface area contributed by atoms with Crippen LogP contribution in [-0.4, -0.2) is 34.1 Å². The van der Waals surface area contributed by atoms with E-state index in [-0.39, 0.29) is 17.9 Å². The molecule has 0 fully saturated rings. The fourth-order valence-electron chi connectivity index (χ4n) is 2.74. The van der Waals surface area contributed by atoms with Gasteiger partial charge in [-0.2, -0.15) is 0 Å². The standard InChI is InChI=1S/C22H25N3O6/c1-4-12-25-20(23)19(21(28)24(3)22(25)29)17(26)14-31-18(27)11-8-15-6-9-16(10-7-15)30-13-5-2/h5-11H,2,4,12-14,23H2,1,3H3/b11-8+. The van der Waals surface area contributed by atoms with Crippen molar-refractivity contribution < 1.29 is 19.1 Å². The van der Waals surface area contributed by atoms with Gasteiger partial charge in [-0.25, -0.2) is 9.59 Å². The molecule has 0 aliphatic heterocycles. The molecule has 0 atom stereocenters. The smallest absolute Gasteiger partial charge is 0.332 e. The summed E-state index contributed by atoms with van der Waals surface area (Å²) in [7, 11) is 1.26. The number of benzene rings is 1. The van der Waals surface area contributed by atoms with Crippen molar-refractivity contribution in [3.05, 3.63) is 75.0 Å². The molecule has 2 N–H and O–H groups in total. The molecule has 9 heteroatoms. The molecule has 0 unspecified atom stereocenters. The van der Waals surface area contributed by atoms with Gasteiger partial charge in [0.2, 0.25) is 5.78 Å². The first-order chi connectivity index (χ1) is 14.8. The van der Waals surface area contributed by atoms with Gasteiger partial charge in [-0.1, -0.05) is 31.7 Å². The van der Waals surface area contributed by atoms with E-state index in [1.54, 1.807) is 30.3 Å². The summed E-state index contributed by atoms with van der Waals surface area (Å²) in [6, 6.07) is 6.97. The lowest BCUT2D eigenvalue weighted by Gasteiger charge is -2.13. The largest absolute Gasteiger partial charge is 0.490 e. The average molecular weight is 427 g/mol. The third-order valence-corrected chi connectivity index (χ3v) is 4.31. The van der Waals surface area contributed by atoms with E-state index < -0.39 is 29.6 Å². The van der Waals surface area contributed by atoms with Crippen LogP contribution in [0.1, 0.15) is 29.3 Å². The molecule has 0 spiro atoms. The van der Waals surface area contributed by atoms with Gasteiger partial charge in [0.05, 0.1) is 0 Å². The third-order valence-electron chi connectivity index (χ3n) is 4.31. The van der Waals surface area contributed by atoms with E-state index in [4.69, 9.17) is 15.2 Å². The van der Waals surface area contributed by atoms with Crippen molar-refractivity contribution >= 4 is 23.6 Å². The SMILES string of the molecule is C=CCOc1ccc(/C=C/C(=O)OCC(=O)c2c(N)n(CCC)c(=O)n(C)c2=O)cc1. The molecule has 0 amide bonds. The second-order valence-electron chi connectivity index (χ2n) is 6.59. The molecule has 31 heavy (non-hydrogen) atoms. The van der Waals surface area contributed by atoms with E-state index in [2.05, 4.69) is 6.58 Å². The van der Waals surface area contributed by atoms with Crippen molar-refractivity contribution in [1.29, 1.82) is 0 Å². The lowest BCUT2D eigenvalue weighted by atomic mass is 10.2. The number of hydrogen-bond acceptors (Lipinski definition) is 7. The summed E-state index contributed by atoms with van der Waals surface area (Å²) in [5.74, 6) is -1.12. The molecule has 2 rings (SSSR count). The highest BCUT2D eigenvalue weighted by Gasteiger charge is 2.22. The quantitative estimate of drug-likeness (QED) is 0.264. The summed E-state index contributed by atoms with van der Waals surface area (Å²) < 4.78 is 12.3. The van der Waals surface area contributed by atoms with E-state index in [1.165, 1.54) is 13.1 Å². The number of nitrogen functional groups attached to an aromatic ring is 1. The lowest BCUT2D eigenvalue weighted by molar-refractivity contribution is -0.136. The van der Waals surface area contributed by atoms with Crippen molar-refractivity contribution in [2.45, 2.75) is 19.9 Å². The van der Waals surface area contributed by atoms with Gasteiger partial charge in [-0.05, 0) is 30.2 Å². The second-order valence-corrected chi connectivity index (χ2v) is 6.59. The van der Waals surface area contributed by atoms with Crippen molar-refractivity contribution in [2.75, 3.05) is 18.9 Å². The van der Waals surface area contributed by atoms with E-state index in [0.717, 1.165) is 20.8 Å². The number of aromatic nitrogens is 2. The number of carbonyl (C=O) groups excluding carboxylic acids is 2. The monoisotopic (exact) mass is 427 g/mol. The molecule has 0 saturated carbocycles. The molecule has 0 radical (unpaired) electrons. The Morgan fingerprint density at radius 3 is 2.48 bits per heavy atom. The van der Waals surface area contributed by atoms with E-state index >= 15 is 0 Å². The van der Waals surface area contributed by atoms with Gasteiger partial charge in [0.25, 0.3) is 5.56 Å². The van der Waals surface area contributed by atoms with Crippen LogP contribution in [0.15, 0.2) is 52.6 Å². The minimum absolute atomic E-state index is 0.231. The van der Waals surface area contributed by atoms with Gasteiger partial charge in [0.15, 0.2) is 6.61 Å². The summed E-state index contributed by atoms with van der Waals surface area (Å²) in [4.78, 5) is 48.9. The number of anilines is 1. The molecule has 1 aromatic carbocycles. The van der Waals surface area contributed by atoms with Crippen LogP contribution in [-0.2, 0) is 23.1 Å². The Balaban J connectivity index is 2.06. The molecule has 1 aromatic heterocycles. The highest BCUT2D eigenvalue weighted by atomic mass is 16.5. The number of Topliss-reactive ketones (excluding diaryl/α,β-unsaturated/α-hetero) is 1. The molecule has 164 valence electrons. The Kier molecular flexibility index (Phi) is 8.13. The zero-order valence-corrected chi connectivity index (χ0v) is 17.5. The molecule has 1 heterocycles. The van der Waals surface area contributed by atoms with Gasteiger partial charge >= 0.3 is 11.7 Å². The van der Waals surface area contributed by atoms with Gasteiger partial charge in [0.1, 0.15) is 23.7 Å². The second kappa shape index (κ2) is 10.8. The zero-order valence-electron chi connectivity index (χ0n) is 17.5. The van der Waals surface area contributed by atoms with Gasteiger partial charge < -0.3 is 15.2 Å². The molecule has 0 bridgehead atoms. The van der Waals surface area contributed by atoms with Crippen LogP contribution >= 0.6 is 0 Å². The summed E-state index contributed by atoms with van der Waals surface area (Å²) >= 11 is 0. The molecular formula is C22H25N3O6. The summed E-state index contributed by atoms with van der Waals surface area (Å²) in [6.07, 6.45) is 4.88. The number of ether oxygens (including phenoxy) is 2. The number of rotatable bonds is 10. The first-order valence-electron chi connectivity index (χ1n) is 9.61. The first-order valence-corrected chi connectivity index (χ1v) is 9.61. The Bertz CT molecular complexity index is 1110. The van der Waals surface area contributed by atoms with Gasteiger partial charge in [0, 0.05) is 19.7 Å². The van der Waals surface area contributed by atoms with Crippen LogP contribution in [0, 0.1) is 0 Å². The number of nitrogens with zero attached hydrogens (tertiary/aromatic N) is 2. The van der Waals surface area contributed by atoms with Crippen molar-refractivity contribution in [3.8, 4) is 5.75 Å². The fourth-order valence-corrected chi connectivity index (χ4v) is 2.74. The van der Waals surface area contributed by atoms with Gasteiger partial charge in [-0.3, -0.25) is 18.7 Å². The topological polar surface area (TPSA) is 123 Å². The highest BCUT2D eigenvalue weighted by Crippen LogP contribution is 2.13. The van der Waals surface area contributed by atoms with Crippen LogP contribution in [0.4, 0.5) is 5.82 Å². The average Bonchev–Trinajstić information content (AvgIpc) is 2.77. The van der Waals surface area contributed by atoms with Crippen LogP contribution in [0.5, 0.6) is 5.75 Å². The fraction of sp³-hybridized carbons (Fsp3) is 0.273. The maximum absolute atomic E-state index is 12.5. The number of esters is 1. The van der Waals surface area contributed by atoms with Crippen molar-refractivity contribution in [1.82, 2.24) is 9.13 Å². The molecule has 2 aromatic rings. The summed E-state index contributed by atoms with van der Waals surface area (Å²) in [5.41, 5.74) is 4.79. The van der Waals surface area contributed by atoms with Crippen LogP contribution < -0.4 is 21.7 Å². The first kappa shape index (κ1) is 23.4. The van der Waals surface area contributed by atoms with Crippen molar-refractivity contribution in [3.63, 3.8) is 0 Å². The minimum atomic E-state index is -0.829. The molecule has 0 aliphatic rings. The maximum atomic E-state index is 12.5. The Morgan fingerprint density at radius 2 is 1.87 bits per heavy atom. The number of carbonyl (C=O) groups is 2. The van der Waals surface area contributed by atoms with Crippen LogP contribution in [0.25, 0.3) is 6.08 Å². The van der Waals surface area contributed by atoms with E-state index in [9.17, 15) is 19.2 Å². The Labute approximate surface area is 179 Å². The minimum Gasteiger partial charge on any atom is -0.490 e. The van der Waals surface area contributed by atoms with Crippen molar-refractivity contribution in [2.24, 2.45) is 7.05 Å². The van der Waals surface area contributed by atoms with Crippen LogP contribution in [0.2, 0.25) is 0 Å². The molecule has 0 saturated heterocycles. The Hall–Kier alpha value is -3.88. The highest BCUT2D eigenvalue weighted by molar-refractivity contribution is 6.01. The molecule has 9 nitrogen and oxygen atoms in total. The summed E-state index contributed by atoms with van der Waals surface area (Å²) in [5, 5.41) is 0. The number of ketones is 1. The maximum Gasteiger partial charge on any atom is 0.332 e. The van der Waals surface area contributed by atoms with E-state index in [0.29, 0.717) is 18.8 Å². The molecule has 0 aliphatic carbocycles. The predicted molar refractivity (Wildman–Crippen MR) is 117 cm³/mol. The van der Waals surface area contributed by atoms with Gasteiger partial charge in [-0.15, -0.1) is 0 Å². The third kappa shape index (κ3) is 5.81. The normalized spacial score (nSPS) is 10.8. The number of nitrogens with two attached hydrogens (primary N) is 1. The Morgan fingerprint density at radius 1 is 1.19 bits per heavy atom. The predicted octanol–water partition coefficient (Wildman–Crippen LogP) is 1.54. The molecular weight excluding hydrogens is 402 g/mol. The van der Waals surface area contributed by atoms with E-state index in [1.807, 2.05) is 6.92 Å². The zero-order chi connectivity index (χ0) is 23.0. The summed E-state index contributed by atoms with van der Waals surface area (Å²) in [6.45, 7) is 5.35. The van der Waals surface area contributed by atoms with Crippen LogP contribution in [0.3, 0.4) is 0 Å².